The van der Waals surface area contributed by atoms with Crippen molar-refractivity contribution in [3.8, 4) is 11.5 Å². The van der Waals surface area contributed by atoms with E-state index in [0.717, 1.165) is 18.4 Å². The van der Waals surface area contributed by atoms with E-state index in [2.05, 4.69) is 12.2 Å². The number of nitrogens with one attached hydrogen (secondary N) is 1. The van der Waals surface area contributed by atoms with E-state index in [4.69, 9.17) is 14.6 Å². The lowest BCUT2D eigenvalue weighted by Crippen LogP contribution is -2.22. The van der Waals surface area contributed by atoms with Gasteiger partial charge in [0.2, 0.25) is 5.91 Å². The van der Waals surface area contributed by atoms with Crippen LogP contribution < -0.4 is 14.8 Å². The summed E-state index contributed by atoms with van der Waals surface area (Å²) in [6.07, 6.45) is 5.60. The van der Waals surface area contributed by atoms with E-state index in [1.807, 2.05) is 25.1 Å². The number of unbranched alkanes of at least 4 members (excludes halogenated alkanes) is 1. The highest BCUT2D eigenvalue weighted by Crippen LogP contribution is 2.29. The minimum atomic E-state index is -0.866. The monoisotopic (exact) mass is 349 g/mol. The average Bonchev–Trinajstić information content (AvgIpc) is 2.59. The Morgan fingerprint density at radius 3 is 2.64 bits per heavy atom. The number of rotatable bonds is 12. The van der Waals surface area contributed by atoms with Crippen molar-refractivity contribution in [3.05, 3.63) is 29.8 Å². The molecule has 1 amide bonds. The predicted octanol–water partition coefficient (Wildman–Crippen LogP) is 3.26. The molecule has 1 aromatic rings. The van der Waals surface area contributed by atoms with Gasteiger partial charge in [0.1, 0.15) is 0 Å². The molecule has 0 aromatic heterocycles. The Kier molecular flexibility index (Phi) is 9.82. The molecule has 2 N–H and O–H groups in total. The van der Waals surface area contributed by atoms with Crippen LogP contribution in [-0.2, 0) is 9.59 Å². The smallest absolute Gasteiger partial charge is 0.303 e. The van der Waals surface area contributed by atoms with E-state index in [1.165, 1.54) is 6.08 Å². The molecule has 138 valence electrons. The maximum atomic E-state index is 11.7. The van der Waals surface area contributed by atoms with Crippen molar-refractivity contribution in [1.82, 2.24) is 5.32 Å². The molecule has 0 spiro atoms. The molecule has 0 aliphatic heterocycles. The number of benzene rings is 1. The second-order valence-electron chi connectivity index (χ2n) is 5.46. The quantitative estimate of drug-likeness (QED) is 0.447. The minimum absolute atomic E-state index is 0.0429. The summed E-state index contributed by atoms with van der Waals surface area (Å²) in [4.78, 5) is 22.1. The number of ether oxygens (including phenoxy) is 2. The molecule has 0 atom stereocenters. The normalized spacial score (nSPS) is 10.6. The number of carboxylic acid groups (broad SMARTS) is 1. The summed E-state index contributed by atoms with van der Waals surface area (Å²) in [6, 6.07) is 5.53. The third-order valence-electron chi connectivity index (χ3n) is 3.32. The molecule has 25 heavy (non-hydrogen) atoms. The lowest BCUT2D eigenvalue weighted by Gasteiger charge is -2.12. The first-order chi connectivity index (χ1) is 12.1. The Morgan fingerprint density at radius 2 is 1.96 bits per heavy atom. The van der Waals surface area contributed by atoms with E-state index in [-0.39, 0.29) is 12.3 Å². The molecule has 0 heterocycles. The van der Waals surface area contributed by atoms with Crippen LogP contribution >= 0.6 is 0 Å². The first-order valence-corrected chi connectivity index (χ1v) is 8.64. The molecule has 0 unspecified atom stereocenters. The molecule has 0 aliphatic carbocycles. The van der Waals surface area contributed by atoms with Crippen molar-refractivity contribution >= 4 is 18.0 Å². The number of hydrogen-bond acceptors (Lipinski definition) is 4. The summed E-state index contributed by atoms with van der Waals surface area (Å²) in [6.45, 7) is 5.52. The van der Waals surface area contributed by atoms with Gasteiger partial charge in [0.05, 0.1) is 13.2 Å². The molecule has 0 bridgehead atoms. The molecule has 0 fully saturated rings. The van der Waals surface area contributed by atoms with Gasteiger partial charge in [0.25, 0.3) is 0 Å². The second kappa shape index (κ2) is 11.9. The lowest BCUT2D eigenvalue weighted by atomic mass is 10.2. The van der Waals surface area contributed by atoms with Crippen molar-refractivity contribution in [3.63, 3.8) is 0 Å². The molecule has 1 aromatic carbocycles. The van der Waals surface area contributed by atoms with Crippen LogP contribution in [0.3, 0.4) is 0 Å². The highest BCUT2D eigenvalue weighted by atomic mass is 16.5. The van der Waals surface area contributed by atoms with Gasteiger partial charge in [-0.3, -0.25) is 9.59 Å². The summed E-state index contributed by atoms with van der Waals surface area (Å²) in [5.41, 5.74) is 0.826. The van der Waals surface area contributed by atoms with E-state index in [1.54, 1.807) is 6.08 Å². The molecular weight excluding hydrogens is 322 g/mol. The summed E-state index contributed by atoms with van der Waals surface area (Å²) < 4.78 is 11.3. The summed E-state index contributed by atoms with van der Waals surface area (Å²) in [5.74, 6) is 0.231. The van der Waals surface area contributed by atoms with Crippen LogP contribution in [0.1, 0.15) is 45.1 Å². The average molecular weight is 349 g/mol. The second-order valence-corrected chi connectivity index (χ2v) is 5.46. The standard InChI is InChI=1S/C19H27NO5/c1-3-5-13-25-16-10-8-15(14-17(16)24-4-2)9-11-18(21)20-12-6-7-19(22)23/h8-11,14H,3-7,12-13H2,1-2H3,(H,20,21)(H,22,23)/b11-9+. The maximum Gasteiger partial charge on any atom is 0.303 e. The molecular formula is C19H27NO5. The lowest BCUT2D eigenvalue weighted by molar-refractivity contribution is -0.137. The van der Waals surface area contributed by atoms with Gasteiger partial charge < -0.3 is 19.9 Å². The van der Waals surface area contributed by atoms with Crippen molar-refractivity contribution in [2.24, 2.45) is 0 Å². The van der Waals surface area contributed by atoms with Crippen molar-refractivity contribution in [2.75, 3.05) is 19.8 Å². The molecule has 6 heteroatoms. The molecule has 6 nitrogen and oxygen atoms in total. The van der Waals surface area contributed by atoms with E-state index in [9.17, 15) is 9.59 Å². The van der Waals surface area contributed by atoms with Crippen LogP contribution in [0.4, 0.5) is 0 Å². The Hall–Kier alpha value is -2.50. The zero-order valence-corrected chi connectivity index (χ0v) is 14.9. The Labute approximate surface area is 148 Å². The molecule has 0 radical (unpaired) electrons. The number of carbonyl (C=O) groups excluding carboxylic acids is 1. The number of hydrogen-bond donors (Lipinski definition) is 2. The fourth-order valence-corrected chi connectivity index (χ4v) is 2.02. The van der Waals surface area contributed by atoms with Crippen molar-refractivity contribution in [1.29, 1.82) is 0 Å². The van der Waals surface area contributed by atoms with Gasteiger partial charge in [-0.05, 0) is 43.5 Å². The van der Waals surface area contributed by atoms with E-state index >= 15 is 0 Å². The summed E-state index contributed by atoms with van der Waals surface area (Å²) >= 11 is 0. The number of carbonyl (C=O) groups is 2. The number of amides is 1. The maximum absolute atomic E-state index is 11.7. The van der Waals surface area contributed by atoms with Gasteiger partial charge in [0.15, 0.2) is 11.5 Å². The van der Waals surface area contributed by atoms with Crippen LogP contribution in [-0.4, -0.2) is 36.7 Å². The van der Waals surface area contributed by atoms with Crippen molar-refractivity contribution < 1.29 is 24.2 Å². The predicted molar refractivity (Wildman–Crippen MR) is 96.9 cm³/mol. The molecule has 1 rings (SSSR count). The zero-order valence-electron chi connectivity index (χ0n) is 14.9. The SMILES string of the molecule is CCCCOc1ccc(/C=C/C(=O)NCCCC(=O)O)cc1OCC. The van der Waals surface area contributed by atoms with Gasteiger partial charge in [-0.1, -0.05) is 19.4 Å². The first kappa shape index (κ1) is 20.5. The van der Waals surface area contributed by atoms with Gasteiger partial charge in [-0.15, -0.1) is 0 Å². The third kappa shape index (κ3) is 8.79. The Morgan fingerprint density at radius 1 is 1.16 bits per heavy atom. The van der Waals surface area contributed by atoms with E-state index < -0.39 is 5.97 Å². The molecule has 0 saturated carbocycles. The largest absolute Gasteiger partial charge is 0.490 e. The summed E-state index contributed by atoms with van der Waals surface area (Å²) in [5, 5.41) is 11.2. The van der Waals surface area contributed by atoms with Crippen LogP contribution in [0, 0.1) is 0 Å². The number of carboxylic acids is 1. The fourth-order valence-electron chi connectivity index (χ4n) is 2.02. The fraction of sp³-hybridized carbons (Fsp3) is 0.474. The molecule has 0 saturated heterocycles. The van der Waals surface area contributed by atoms with Gasteiger partial charge in [0, 0.05) is 19.0 Å². The van der Waals surface area contributed by atoms with Crippen LogP contribution in [0.15, 0.2) is 24.3 Å². The Bertz CT molecular complexity index is 583. The van der Waals surface area contributed by atoms with Crippen LogP contribution in [0.5, 0.6) is 11.5 Å². The number of aliphatic carboxylic acids is 1. The van der Waals surface area contributed by atoms with Crippen molar-refractivity contribution in [2.45, 2.75) is 39.5 Å². The van der Waals surface area contributed by atoms with Gasteiger partial charge in [-0.25, -0.2) is 0 Å². The van der Waals surface area contributed by atoms with E-state index in [0.29, 0.717) is 37.7 Å². The van der Waals surface area contributed by atoms with Crippen LogP contribution in [0.2, 0.25) is 0 Å². The highest BCUT2D eigenvalue weighted by Gasteiger charge is 2.06. The third-order valence-corrected chi connectivity index (χ3v) is 3.32. The van der Waals surface area contributed by atoms with Crippen LogP contribution in [0.25, 0.3) is 6.08 Å². The topological polar surface area (TPSA) is 84.9 Å². The zero-order chi connectivity index (χ0) is 18.5. The highest BCUT2D eigenvalue weighted by molar-refractivity contribution is 5.91. The Balaban J connectivity index is 2.60. The first-order valence-electron chi connectivity index (χ1n) is 8.64. The van der Waals surface area contributed by atoms with Gasteiger partial charge in [-0.2, -0.15) is 0 Å². The minimum Gasteiger partial charge on any atom is -0.490 e. The molecule has 0 aliphatic rings. The van der Waals surface area contributed by atoms with Gasteiger partial charge >= 0.3 is 5.97 Å². The summed E-state index contributed by atoms with van der Waals surface area (Å²) in [7, 11) is 0.